The van der Waals surface area contributed by atoms with E-state index in [4.69, 9.17) is 32.8 Å². The van der Waals surface area contributed by atoms with Crippen LogP contribution in [0.15, 0.2) is 42.5 Å². The van der Waals surface area contributed by atoms with Gasteiger partial charge in [0.2, 0.25) is 0 Å². The summed E-state index contributed by atoms with van der Waals surface area (Å²) in [5, 5.41) is 13.0. The van der Waals surface area contributed by atoms with Gasteiger partial charge in [-0.05, 0) is 17.7 Å². The molecule has 2 aliphatic rings. The molecule has 0 amide bonds. The summed E-state index contributed by atoms with van der Waals surface area (Å²) >= 11 is 12.6. The van der Waals surface area contributed by atoms with Gasteiger partial charge in [0.1, 0.15) is 5.75 Å². The lowest BCUT2D eigenvalue weighted by Gasteiger charge is -2.36. The summed E-state index contributed by atoms with van der Waals surface area (Å²) in [5.74, 6) is 0.850. The second kappa shape index (κ2) is 6.54. The van der Waals surface area contributed by atoms with Crippen molar-refractivity contribution in [2.45, 2.75) is 12.1 Å². The van der Waals surface area contributed by atoms with Gasteiger partial charge < -0.3 is 9.84 Å². The first-order valence-electron chi connectivity index (χ1n) is 7.88. The van der Waals surface area contributed by atoms with Crippen molar-refractivity contribution in [2.75, 3.05) is 19.8 Å². The molecule has 0 radical (unpaired) electrons. The van der Waals surface area contributed by atoms with Crippen LogP contribution in [0, 0.1) is 5.92 Å². The molecule has 2 heterocycles. The van der Waals surface area contributed by atoms with Gasteiger partial charge in [0.05, 0.1) is 36.9 Å². The average molecular weight is 366 g/mol. The summed E-state index contributed by atoms with van der Waals surface area (Å²) in [6.07, 6.45) is 0. The number of halogens is 2. The summed E-state index contributed by atoms with van der Waals surface area (Å²) in [7, 11) is 0. The lowest BCUT2D eigenvalue weighted by molar-refractivity contribution is -0.175. The Morgan fingerprint density at radius 3 is 2.71 bits per heavy atom. The summed E-state index contributed by atoms with van der Waals surface area (Å²) in [4.78, 5) is 5.95. The van der Waals surface area contributed by atoms with Gasteiger partial charge in [-0.15, -0.1) is 0 Å². The number of aliphatic hydroxyl groups excluding tert-OH is 1. The Hall–Kier alpha value is -1.30. The molecule has 2 aliphatic heterocycles. The Labute approximate surface area is 150 Å². The highest BCUT2D eigenvalue weighted by Crippen LogP contribution is 2.50. The van der Waals surface area contributed by atoms with E-state index >= 15 is 0 Å². The molecule has 6 heteroatoms. The maximum absolute atomic E-state index is 9.98. The van der Waals surface area contributed by atoms with Crippen molar-refractivity contribution in [3.8, 4) is 5.75 Å². The molecular weight excluding hydrogens is 349 g/mol. The van der Waals surface area contributed by atoms with Crippen molar-refractivity contribution in [2.24, 2.45) is 5.92 Å². The zero-order valence-electron chi connectivity index (χ0n) is 12.9. The minimum atomic E-state index is -0.265. The van der Waals surface area contributed by atoms with Gasteiger partial charge in [0, 0.05) is 16.5 Å². The van der Waals surface area contributed by atoms with Crippen LogP contribution in [0.2, 0.25) is 10.0 Å². The van der Waals surface area contributed by atoms with Crippen molar-refractivity contribution in [1.29, 1.82) is 0 Å². The van der Waals surface area contributed by atoms with Gasteiger partial charge in [0.15, 0.2) is 0 Å². The number of rotatable bonds is 3. The van der Waals surface area contributed by atoms with E-state index in [-0.39, 0.29) is 24.6 Å². The minimum absolute atomic E-state index is 0.0470. The maximum Gasteiger partial charge on any atom is 0.127 e. The second-order valence-electron chi connectivity index (χ2n) is 6.08. The number of aliphatic hydroxyl groups is 1. The third-order valence-corrected chi connectivity index (χ3v) is 5.16. The van der Waals surface area contributed by atoms with E-state index in [1.54, 1.807) is 12.1 Å². The second-order valence-corrected chi connectivity index (χ2v) is 6.92. The molecule has 0 bridgehead atoms. The van der Waals surface area contributed by atoms with Crippen LogP contribution in [0.1, 0.15) is 23.2 Å². The van der Waals surface area contributed by atoms with Crippen LogP contribution in [0.3, 0.4) is 0 Å². The first-order chi connectivity index (χ1) is 11.7. The molecule has 1 saturated heterocycles. The van der Waals surface area contributed by atoms with Crippen molar-refractivity contribution in [3.63, 3.8) is 0 Å². The molecule has 0 spiro atoms. The third kappa shape index (κ3) is 2.68. The molecule has 1 fully saturated rings. The Morgan fingerprint density at radius 1 is 1.17 bits per heavy atom. The normalized spacial score (nSPS) is 24.1. The monoisotopic (exact) mass is 365 g/mol. The van der Waals surface area contributed by atoms with Crippen LogP contribution in [0.5, 0.6) is 5.75 Å². The number of fused-ring (bicyclic) bond motifs is 3. The largest absolute Gasteiger partial charge is 0.493 e. The van der Waals surface area contributed by atoms with Crippen LogP contribution in [0.4, 0.5) is 0 Å². The van der Waals surface area contributed by atoms with E-state index in [1.807, 2.05) is 35.4 Å². The van der Waals surface area contributed by atoms with Crippen LogP contribution in [-0.2, 0) is 4.84 Å². The summed E-state index contributed by atoms with van der Waals surface area (Å²) in [6.45, 7) is 1.03. The number of nitrogens with zero attached hydrogens (tertiary/aromatic N) is 1. The predicted octanol–water partition coefficient (Wildman–Crippen LogP) is 4.02. The Kier molecular flexibility index (Phi) is 4.41. The number of benzene rings is 2. The minimum Gasteiger partial charge on any atom is -0.493 e. The van der Waals surface area contributed by atoms with Crippen molar-refractivity contribution in [3.05, 3.63) is 63.6 Å². The zero-order valence-corrected chi connectivity index (χ0v) is 14.4. The van der Waals surface area contributed by atoms with E-state index < -0.39 is 0 Å². The molecule has 126 valence electrons. The lowest BCUT2D eigenvalue weighted by atomic mass is 9.90. The predicted molar refractivity (Wildman–Crippen MR) is 92.2 cm³/mol. The fourth-order valence-electron chi connectivity index (χ4n) is 3.52. The molecule has 4 nitrogen and oxygen atoms in total. The molecule has 0 unspecified atom stereocenters. The highest BCUT2D eigenvalue weighted by atomic mass is 35.5. The first kappa shape index (κ1) is 16.2. The van der Waals surface area contributed by atoms with Crippen molar-refractivity contribution in [1.82, 2.24) is 5.06 Å². The maximum atomic E-state index is 9.98. The van der Waals surface area contributed by atoms with Crippen molar-refractivity contribution >= 4 is 23.2 Å². The third-order valence-electron chi connectivity index (χ3n) is 4.63. The van der Waals surface area contributed by atoms with Gasteiger partial charge >= 0.3 is 0 Å². The molecule has 24 heavy (non-hydrogen) atoms. The first-order valence-corrected chi connectivity index (χ1v) is 8.63. The fraction of sp³-hybridized carbons (Fsp3) is 0.333. The van der Waals surface area contributed by atoms with Gasteiger partial charge in [-0.1, -0.05) is 53.5 Å². The molecule has 3 atom stereocenters. The number of hydrogen-bond donors (Lipinski definition) is 1. The molecule has 2 aromatic rings. The fourth-order valence-corrected chi connectivity index (χ4v) is 4.11. The summed E-state index contributed by atoms with van der Waals surface area (Å²) in [6, 6.07) is 13.0. The topological polar surface area (TPSA) is 41.9 Å². The van der Waals surface area contributed by atoms with E-state index in [0.717, 1.165) is 11.1 Å². The van der Waals surface area contributed by atoms with E-state index in [2.05, 4.69) is 0 Å². The van der Waals surface area contributed by atoms with Gasteiger partial charge in [-0.3, -0.25) is 4.84 Å². The number of ether oxygens (including phenoxy) is 1. The van der Waals surface area contributed by atoms with Crippen LogP contribution in [-0.4, -0.2) is 30.0 Å². The van der Waals surface area contributed by atoms with Crippen LogP contribution >= 0.6 is 23.2 Å². The summed E-state index contributed by atoms with van der Waals surface area (Å²) < 4.78 is 5.83. The number of hydrogen-bond acceptors (Lipinski definition) is 4. The highest BCUT2D eigenvalue weighted by molar-refractivity contribution is 6.35. The quantitative estimate of drug-likeness (QED) is 0.891. The van der Waals surface area contributed by atoms with Gasteiger partial charge in [-0.2, -0.15) is 5.06 Å². The molecular formula is C18H17Cl2NO3. The van der Waals surface area contributed by atoms with Crippen LogP contribution < -0.4 is 4.74 Å². The van der Waals surface area contributed by atoms with E-state index in [0.29, 0.717) is 29.0 Å². The van der Waals surface area contributed by atoms with Gasteiger partial charge in [0.25, 0.3) is 0 Å². The molecule has 0 aromatic heterocycles. The van der Waals surface area contributed by atoms with E-state index in [9.17, 15) is 5.11 Å². The zero-order chi connectivity index (χ0) is 16.7. The summed E-state index contributed by atoms with van der Waals surface area (Å²) in [5.41, 5.74) is 1.88. The Morgan fingerprint density at radius 2 is 1.96 bits per heavy atom. The lowest BCUT2D eigenvalue weighted by Crippen LogP contribution is -2.35. The molecule has 1 N–H and O–H groups in total. The standard InChI is InChI=1S/C18H17Cl2NO3/c19-13-6-14(20)17-16(7-13)23-9-12-10-24-21(18(12)17)15(8-22)11-4-2-1-3-5-11/h1-7,12,15,18,22H,8-10H2/t12-,15-,18+/m0/s1. The van der Waals surface area contributed by atoms with Gasteiger partial charge in [-0.25, -0.2) is 0 Å². The molecule has 0 saturated carbocycles. The SMILES string of the molecule is OC[C@@H](c1ccccc1)N1OC[C@@H]2COc3cc(Cl)cc(Cl)c3[C@@H]21. The smallest absolute Gasteiger partial charge is 0.127 e. The Bertz CT molecular complexity index is 741. The highest BCUT2D eigenvalue weighted by Gasteiger charge is 2.46. The van der Waals surface area contributed by atoms with E-state index in [1.165, 1.54) is 0 Å². The molecule has 2 aromatic carbocycles. The van der Waals surface area contributed by atoms with Crippen molar-refractivity contribution < 1.29 is 14.7 Å². The molecule has 4 rings (SSSR count). The average Bonchev–Trinajstić information content (AvgIpc) is 3.00. The molecule has 0 aliphatic carbocycles. The Balaban J connectivity index is 1.76. The number of hydroxylamine groups is 2. The van der Waals surface area contributed by atoms with Crippen LogP contribution in [0.25, 0.3) is 0 Å².